The van der Waals surface area contributed by atoms with Gasteiger partial charge in [0.2, 0.25) is 0 Å². The van der Waals surface area contributed by atoms with Crippen molar-refractivity contribution in [1.29, 1.82) is 0 Å². The SMILES string of the molecule is C=C(C)C(=O)OC1C2CC3C1OC(=O)C3C2C(=O)OCC(C(F)(F)F)C(F)(F)F. The molecule has 2 saturated carbocycles. The summed E-state index contributed by atoms with van der Waals surface area (Å²) in [6.45, 7) is 2.80. The Hall–Kier alpha value is -2.27. The van der Waals surface area contributed by atoms with Gasteiger partial charge in [0.25, 0.3) is 0 Å². The fraction of sp³-hybridized carbons (Fsp3) is 0.706. The summed E-state index contributed by atoms with van der Waals surface area (Å²) in [4.78, 5) is 36.3. The van der Waals surface area contributed by atoms with Gasteiger partial charge in [-0.1, -0.05) is 6.58 Å². The highest BCUT2D eigenvalue weighted by atomic mass is 19.4. The highest BCUT2D eigenvalue weighted by Crippen LogP contribution is 2.59. The molecule has 162 valence electrons. The second-order valence-corrected chi connectivity index (χ2v) is 7.43. The van der Waals surface area contributed by atoms with E-state index in [1.54, 1.807) is 0 Å². The van der Waals surface area contributed by atoms with Gasteiger partial charge in [-0.3, -0.25) is 9.59 Å². The molecule has 0 radical (unpaired) electrons. The van der Waals surface area contributed by atoms with Gasteiger partial charge in [-0.25, -0.2) is 4.79 Å². The van der Waals surface area contributed by atoms with Gasteiger partial charge in [0.05, 0.1) is 11.8 Å². The van der Waals surface area contributed by atoms with Crippen molar-refractivity contribution in [1.82, 2.24) is 0 Å². The Morgan fingerprint density at radius 1 is 1.17 bits per heavy atom. The Labute approximate surface area is 160 Å². The van der Waals surface area contributed by atoms with Crippen LogP contribution in [0.1, 0.15) is 13.3 Å². The maximum atomic E-state index is 12.6. The highest BCUT2D eigenvalue weighted by molar-refractivity contribution is 5.88. The Morgan fingerprint density at radius 2 is 1.76 bits per heavy atom. The molecule has 6 nitrogen and oxygen atoms in total. The van der Waals surface area contributed by atoms with Crippen molar-refractivity contribution in [2.24, 2.45) is 29.6 Å². The van der Waals surface area contributed by atoms with Crippen LogP contribution in [0.4, 0.5) is 26.3 Å². The van der Waals surface area contributed by atoms with Crippen LogP contribution in [0, 0.1) is 29.6 Å². The number of carbonyl (C=O) groups excluding carboxylic acids is 3. The lowest BCUT2D eigenvalue weighted by molar-refractivity contribution is -0.292. The smallest absolute Gasteiger partial charge is 0.403 e. The first-order valence-electron chi connectivity index (χ1n) is 8.60. The molecule has 0 aromatic carbocycles. The van der Waals surface area contributed by atoms with Crippen molar-refractivity contribution in [3.05, 3.63) is 12.2 Å². The number of hydrogen-bond donors (Lipinski definition) is 0. The molecule has 3 aliphatic rings. The lowest BCUT2D eigenvalue weighted by atomic mass is 9.78. The molecule has 1 heterocycles. The lowest BCUT2D eigenvalue weighted by Crippen LogP contribution is -2.45. The first kappa shape index (κ1) is 21.4. The lowest BCUT2D eigenvalue weighted by Gasteiger charge is -2.30. The predicted molar refractivity (Wildman–Crippen MR) is 79.7 cm³/mol. The summed E-state index contributed by atoms with van der Waals surface area (Å²) < 4.78 is 90.5. The minimum Gasteiger partial charge on any atom is -0.464 e. The van der Waals surface area contributed by atoms with Crippen LogP contribution < -0.4 is 0 Å². The van der Waals surface area contributed by atoms with Gasteiger partial charge in [0.15, 0.2) is 5.92 Å². The van der Waals surface area contributed by atoms with E-state index in [2.05, 4.69) is 11.3 Å². The number of alkyl halides is 6. The summed E-state index contributed by atoms with van der Waals surface area (Å²) in [5.41, 5.74) is 0.0333. The number of halogens is 6. The summed E-state index contributed by atoms with van der Waals surface area (Å²) in [5.74, 6) is -10.6. The molecule has 0 amide bonds. The van der Waals surface area contributed by atoms with E-state index >= 15 is 0 Å². The van der Waals surface area contributed by atoms with E-state index < -0.39 is 78.7 Å². The predicted octanol–water partition coefficient (Wildman–Crippen LogP) is 2.57. The van der Waals surface area contributed by atoms with Crippen molar-refractivity contribution in [2.45, 2.75) is 37.9 Å². The van der Waals surface area contributed by atoms with E-state index in [1.807, 2.05) is 0 Å². The van der Waals surface area contributed by atoms with Crippen LogP contribution in [0.15, 0.2) is 12.2 Å². The van der Waals surface area contributed by atoms with Crippen molar-refractivity contribution in [3.8, 4) is 0 Å². The van der Waals surface area contributed by atoms with E-state index in [4.69, 9.17) is 9.47 Å². The van der Waals surface area contributed by atoms with Gasteiger partial charge in [0.1, 0.15) is 18.8 Å². The summed E-state index contributed by atoms with van der Waals surface area (Å²) in [7, 11) is 0. The maximum Gasteiger partial charge on any atom is 0.403 e. The van der Waals surface area contributed by atoms with E-state index in [0.717, 1.165) is 0 Å². The maximum absolute atomic E-state index is 12.6. The molecule has 0 aromatic rings. The Bertz CT molecular complexity index is 730. The standard InChI is InChI=1S/C17H16F6O6/c1-5(2)13(24)28-11-6-3-7-10(15(26)29-12(7)11)9(6)14(25)27-4-8(16(18,19)20)17(21,22)23/h6-12H,1,3-4H2,2H3. The Kier molecular flexibility index (Phi) is 5.11. The van der Waals surface area contributed by atoms with E-state index in [0.29, 0.717) is 0 Å². The summed E-state index contributed by atoms with van der Waals surface area (Å²) in [6.07, 6.45) is -13.0. The summed E-state index contributed by atoms with van der Waals surface area (Å²) in [6, 6.07) is 0. The van der Waals surface area contributed by atoms with Gasteiger partial charge in [0, 0.05) is 17.4 Å². The van der Waals surface area contributed by atoms with Gasteiger partial charge in [-0.05, 0) is 13.3 Å². The van der Waals surface area contributed by atoms with Gasteiger partial charge >= 0.3 is 30.3 Å². The zero-order valence-electron chi connectivity index (χ0n) is 14.9. The molecule has 6 unspecified atom stereocenters. The van der Waals surface area contributed by atoms with E-state index in [1.165, 1.54) is 6.92 Å². The van der Waals surface area contributed by atoms with Crippen LogP contribution in [-0.2, 0) is 28.6 Å². The third kappa shape index (κ3) is 3.68. The molecule has 12 heteroatoms. The average Bonchev–Trinajstić information content (AvgIpc) is 3.15. The first-order chi connectivity index (χ1) is 13.2. The van der Waals surface area contributed by atoms with Crippen LogP contribution >= 0.6 is 0 Å². The summed E-state index contributed by atoms with van der Waals surface area (Å²) >= 11 is 0. The molecular formula is C17H16F6O6. The Morgan fingerprint density at radius 3 is 2.28 bits per heavy atom. The van der Waals surface area contributed by atoms with Gasteiger partial charge in [-0.2, -0.15) is 26.3 Å². The quantitative estimate of drug-likeness (QED) is 0.289. The normalized spacial score (nSPS) is 33.0. The molecule has 29 heavy (non-hydrogen) atoms. The van der Waals surface area contributed by atoms with E-state index in [9.17, 15) is 40.7 Å². The van der Waals surface area contributed by atoms with Crippen molar-refractivity contribution >= 4 is 17.9 Å². The minimum absolute atomic E-state index is 0.0333. The van der Waals surface area contributed by atoms with Crippen LogP contribution in [0.5, 0.6) is 0 Å². The third-order valence-electron chi connectivity index (χ3n) is 5.59. The molecule has 1 aliphatic heterocycles. The van der Waals surface area contributed by atoms with Crippen LogP contribution in [0.25, 0.3) is 0 Å². The molecule has 0 aromatic heterocycles. The van der Waals surface area contributed by atoms with Crippen LogP contribution in [-0.4, -0.2) is 49.1 Å². The number of rotatable bonds is 5. The molecule has 0 N–H and O–H groups in total. The monoisotopic (exact) mass is 430 g/mol. The first-order valence-corrected chi connectivity index (χ1v) is 8.60. The second kappa shape index (κ2) is 6.91. The number of ether oxygens (including phenoxy) is 3. The van der Waals surface area contributed by atoms with Gasteiger partial charge in [-0.15, -0.1) is 0 Å². The fourth-order valence-corrected chi connectivity index (χ4v) is 4.33. The van der Waals surface area contributed by atoms with Crippen LogP contribution in [0.2, 0.25) is 0 Å². The number of carbonyl (C=O) groups is 3. The third-order valence-corrected chi connectivity index (χ3v) is 5.59. The van der Waals surface area contributed by atoms with Gasteiger partial charge < -0.3 is 14.2 Å². The molecule has 0 spiro atoms. The molecular weight excluding hydrogens is 414 g/mol. The molecule has 2 aliphatic carbocycles. The summed E-state index contributed by atoms with van der Waals surface area (Å²) in [5, 5.41) is 0. The molecule has 1 saturated heterocycles. The van der Waals surface area contributed by atoms with E-state index in [-0.39, 0.29) is 12.0 Å². The molecule has 6 atom stereocenters. The molecule has 2 bridgehead atoms. The van der Waals surface area contributed by atoms with Crippen molar-refractivity contribution < 1.29 is 54.9 Å². The number of fused-ring (bicyclic) bond motifs is 1. The molecule has 3 fully saturated rings. The zero-order chi connectivity index (χ0) is 21.9. The van der Waals surface area contributed by atoms with Crippen molar-refractivity contribution in [3.63, 3.8) is 0 Å². The highest BCUT2D eigenvalue weighted by Gasteiger charge is 2.70. The number of hydrogen-bond acceptors (Lipinski definition) is 6. The minimum atomic E-state index is -5.66. The zero-order valence-corrected chi connectivity index (χ0v) is 14.9. The topological polar surface area (TPSA) is 78.9 Å². The molecule has 3 rings (SSSR count). The average molecular weight is 430 g/mol. The number of esters is 3. The second-order valence-electron chi connectivity index (χ2n) is 7.43. The largest absolute Gasteiger partial charge is 0.464 e. The Balaban J connectivity index is 1.76. The van der Waals surface area contributed by atoms with Crippen LogP contribution in [0.3, 0.4) is 0 Å². The van der Waals surface area contributed by atoms with Crippen molar-refractivity contribution in [2.75, 3.05) is 6.61 Å². The fourth-order valence-electron chi connectivity index (χ4n) is 4.33.